The van der Waals surface area contributed by atoms with Crippen LogP contribution in [0.25, 0.3) is 11.3 Å². The van der Waals surface area contributed by atoms with Gasteiger partial charge < -0.3 is 10.8 Å². The van der Waals surface area contributed by atoms with Gasteiger partial charge in [0.25, 0.3) is 5.69 Å². The minimum atomic E-state index is -6.71. The van der Waals surface area contributed by atoms with Crippen molar-refractivity contribution >= 4 is 23.4 Å². The number of carbonyl (C=O) groups excluding carboxylic acids is 1. The van der Waals surface area contributed by atoms with Crippen molar-refractivity contribution in [3.05, 3.63) is 51.0 Å². The molecule has 0 unspecified atom stereocenters. The van der Waals surface area contributed by atoms with Gasteiger partial charge in [0.1, 0.15) is 11.5 Å². The molecule has 0 fully saturated rings. The number of alkyl halides is 7. The zero-order chi connectivity index (χ0) is 31.3. The van der Waals surface area contributed by atoms with Gasteiger partial charge in [0.15, 0.2) is 0 Å². The number of hydrogen-bond acceptors (Lipinski definition) is 9. The normalized spacial score (nSPS) is 13.0. The summed E-state index contributed by atoms with van der Waals surface area (Å²) in [5.41, 5.74) is -1.53. The first-order chi connectivity index (χ1) is 18.7. The van der Waals surface area contributed by atoms with E-state index in [4.69, 9.17) is 5.73 Å². The molecule has 1 aromatic carbocycles. The average Bonchev–Trinajstić information content (AvgIpc) is 3.33. The molecule has 2 heterocycles. The highest BCUT2D eigenvalue weighted by molar-refractivity contribution is 7.99. The number of primary amides is 1. The molecule has 1 amide bonds. The largest absolute Gasteiger partial charge is 0.460 e. The topological polar surface area (TPSA) is 163 Å². The highest BCUT2D eigenvalue weighted by atomic mass is 32.2. The lowest BCUT2D eigenvalue weighted by molar-refractivity contribution is -0.384. The summed E-state index contributed by atoms with van der Waals surface area (Å²) in [5.74, 6) is -15.7. The first-order valence-corrected chi connectivity index (χ1v) is 11.7. The van der Waals surface area contributed by atoms with E-state index in [-0.39, 0.29) is 27.9 Å². The van der Waals surface area contributed by atoms with E-state index in [1.54, 1.807) is 0 Å². The SMILES string of the molecule is Cc1c(Sc2nnnn2C(C)(C)CO)c(C(N)=O)cc([N+](=O)[O-])c1-c1ncc(C(F)(F)C(F)(F)C(F)(F)F)cc1F. The maximum Gasteiger partial charge on any atom is 0.460 e. The third kappa shape index (κ3) is 5.39. The van der Waals surface area contributed by atoms with Gasteiger partial charge in [-0.1, -0.05) is 0 Å². The van der Waals surface area contributed by atoms with Crippen molar-refractivity contribution < 1.29 is 49.9 Å². The second-order valence-corrected chi connectivity index (χ2v) is 10.0. The van der Waals surface area contributed by atoms with Crippen molar-refractivity contribution in [3.8, 4) is 11.3 Å². The van der Waals surface area contributed by atoms with Gasteiger partial charge in [-0.25, -0.2) is 9.07 Å². The van der Waals surface area contributed by atoms with Crippen LogP contribution in [0.1, 0.15) is 35.3 Å². The summed E-state index contributed by atoms with van der Waals surface area (Å²) in [7, 11) is 0. The molecular formula is C21H17F8N7O4S. The van der Waals surface area contributed by atoms with Gasteiger partial charge in [0.05, 0.1) is 28.2 Å². The van der Waals surface area contributed by atoms with Crippen molar-refractivity contribution in [2.75, 3.05) is 6.61 Å². The summed E-state index contributed by atoms with van der Waals surface area (Å²) >= 11 is 0.591. The number of pyridine rings is 1. The summed E-state index contributed by atoms with van der Waals surface area (Å²) in [6.07, 6.45) is -6.89. The third-order valence-electron chi connectivity index (χ3n) is 5.75. The third-order valence-corrected chi connectivity index (χ3v) is 6.91. The maximum absolute atomic E-state index is 15.1. The fourth-order valence-electron chi connectivity index (χ4n) is 3.47. The average molecular weight is 615 g/mol. The van der Waals surface area contributed by atoms with Crippen molar-refractivity contribution in [1.29, 1.82) is 0 Å². The van der Waals surface area contributed by atoms with E-state index in [1.807, 2.05) is 0 Å². The zero-order valence-corrected chi connectivity index (χ0v) is 21.6. The van der Waals surface area contributed by atoms with Crippen molar-refractivity contribution in [3.63, 3.8) is 0 Å². The lowest BCUT2D eigenvalue weighted by atomic mass is 9.97. The summed E-state index contributed by atoms with van der Waals surface area (Å²) in [4.78, 5) is 26.0. The highest BCUT2D eigenvalue weighted by Gasteiger charge is 2.73. The summed E-state index contributed by atoms with van der Waals surface area (Å²) < 4.78 is 109. The van der Waals surface area contributed by atoms with Gasteiger partial charge in [0.2, 0.25) is 11.1 Å². The number of amides is 1. The molecule has 0 radical (unpaired) electrons. The molecule has 0 aliphatic carbocycles. The number of aromatic nitrogens is 5. The predicted molar refractivity (Wildman–Crippen MR) is 123 cm³/mol. The molecule has 2 aromatic heterocycles. The number of hydrogen-bond donors (Lipinski definition) is 2. The van der Waals surface area contributed by atoms with Crippen LogP contribution in [0.15, 0.2) is 28.4 Å². The number of aliphatic hydroxyl groups excluding tert-OH is 1. The molecule has 222 valence electrons. The molecule has 11 nitrogen and oxygen atoms in total. The Balaban J connectivity index is 2.28. The summed E-state index contributed by atoms with van der Waals surface area (Å²) in [6.45, 7) is 3.69. The number of nitro benzene ring substituents is 1. The minimum Gasteiger partial charge on any atom is -0.394 e. The Morgan fingerprint density at radius 2 is 1.78 bits per heavy atom. The summed E-state index contributed by atoms with van der Waals surface area (Å²) in [6, 6.07) is 0.254. The van der Waals surface area contributed by atoms with Gasteiger partial charge in [0, 0.05) is 22.7 Å². The number of aliphatic hydroxyl groups is 1. The molecule has 3 N–H and O–H groups in total. The molecule has 0 aliphatic heterocycles. The number of nitrogens with two attached hydrogens (primary N) is 1. The lowest BCUT2D eigenvalue weighted by Crippen LogP contribution is -2.50. The van der Waals surface area contributed by atoms with Crippen LogP contribution in [-0.2, 0) is 11.5 Å². The molecule has 0 spiro atoms. The second kappa shape index (κ2) is 10.5. The Morgan fingerprint density at radius 1 is 1.17 bits per heavy atom. The molecule has 0 saturated heterocycles. The number of benzene rings is 1. The second-order valence-electron chi connectivity index (χ2n) is 9.04. The fourth-order valence-corrected chi connectivity index (χ4v) is 4.63. The van der Waals surface area contributed by atoms with Gasteiger partial charge >= 0.3 is 18.0 Å². The van der Waals surface area contributed by atoms with E-state index < -0.39 is 74.9 Å². The van der Waals surface area contributed by atoms with E-state index in [1.165, 1.54) is 13.8 Å². The Labute approximate surface area is 227 Å². The molecule has 20 heteroatoms. The highest BCUT2D eigenvalue weighted by Crippen LogP contribution is 2.52. The van der Waals surface area contributed by atoms with Crippen molar-refractivity contribution in [1.82, 2.24) is 25.2 Å². The Bertz CT molecular complexity index is 1530. The van der Waals surface area contributed by atoms with E-state index in [2.05, 4.69) is 20.5 Å². The molecule has 0 aliphatic rings. The number of halogens is 8. The monoisotopic (exact) mass is 615 g/mol. The Morgan fingerprint density at radius 3 is 2.27 bits per heavy atom. The van der Waals surface area contributed by atoms with E-state index in [0.717, 1.165) is 11.6 Å². The minimum absolute atomic E-state index is 0.0905. The standard InChI is InChI=1S/C21H17F8N7O4S/c1-8-13(14-11(22)4-9(6-31-14)19(23,24)20(25,26)21(27,28)29)12(36(39)40)5-10(16(30)38)15(8)41-17-32-33-34-35(17)18(2,3)7-37/h4-6,37H,7H2,1-3H3,(H2,30,38). The van der Waals surface area contributed by atoms with Gasteiger partial charge in [-0.05, 0) is 54.6 Å². The van der Waals surface area contributed by atoms with Crippen LogP contribution < -0.4 is 5.73 Å². The maximum atomic E-state index is 15.1. The van der Waals surface area contributed by atoms with E-state index in [9.17, 15) is 50.7 Å². The Kier molecular flexibility index (Phi) is 8.07. The fraction of sp³-hybridized carbons (Fsp3) is 0.381. The number of rotatable bonds is 9. The van der Waals surface area contributed by atoms with Crippen LogP contribution in [-0.4, -0.2) is 59.8 Å². The molecular weight excluding hydrogens is 598 g/mol. The van der Waals surface area contributed by atoms with E-state index in [0.29, 0.717) is 17.8 Å². The van der Waals surface area contributed by atoms with Crippen LogP contribution >= 0.6 is 11.8 Å². The first kappa shape index (κ1) is 31.6. The van der Waals surface area contributed by atoms with Crippen molar-refractivity contribution in [2.45, 2.75) is 54.4 Å². The number of nitro groups is 1. The zero-order valence-electron chi connectivity index (χ0n) is 20.8. The number of nitrogens with zero attached hydrogens (tertiary/aromatic N) is 6. The van der Waals surface area contributed by atoms with Gasteiger partial charge in [-0.2, -0.15) is 30.7 Å². The molecule has 3 aromatic rings. The van der Waals surface area contributed by atoms with Crippen LogP contribution in [0.4, 0.5) is 40.8 Å². The Hall–Kier alpha value is -3.94. The van der Waals surface area contributed by atoms with E-state index >= 15 is 4.39 Å². The molecule has 0 saturated carbocycles. The van der Waals surface area contributed by atoms with Crippen LogP contribution in [0.3, 0.4) is 0 Å². The number of tetrazole rings is 1. The van der Waals surface area contributed by atoms with Gasteiger partial charge in [-0.3, -0.25) is 19.9 Å². The number of carbonyl (C=O) groups is 1. The molecule has 3 rings (SSSR count). The van der Waals surface area contributed by atoms with Gasteiger partial charge in [-0.15, -0.1) is 5.10 Å². The van der Waals surface area contributed by atoms with Crippen molar-refractivity contribution in [2.24, 2.45) is 5.73 Å². The van der Waals surface area contributed by atoms with Crippen LogP contribution in [0, 0.1) is 22.9 Å². The smallest absolute Gasteiger partial charge is 0.394 e. The molecule has 41 heavy (non-hydrogen) atoms. The predicted octanol–water partition coefficient (Wildman–Crippen LogP) is 4.36. The molecule has 0 bridgehead atoms. The van der Waals surface area contributed by atoms with Crippen LogP contribution in [0.5, 0.6) is 0 Å². The first-order valence-electron chi connectivity index (χ1n) is 10.9. The summed E-state index contributed by atoms with van der Waals surface area (Å²) in [5, 5.41) is 32.4. The van der Waals surface area contributed by atoms with Crippen LogP contribution in [0.2, 0.25) is 0 Å². The quantitative estimate of drug-likeness (QED) is 0.202. The molecule has 0 atom stereocenters. The lowest BCUT2D eigenvalue weighted by Gasteiger charge is -2.28.